The van der Waals surface area contributed by atoms with E-state index in [9.17, 15) is 28.5 Å². The lowest BCUT2D eigenvalue weighted by molar-refractivity contribution is -0.389. The largest absolute Gasteiger partial charge is 0.389 e. The Labute approximate surface area is 166 Å². The average molecular weight is 421 g/mol. The Hall–Kier alpha value is -4.23. The van der Waals surface area contributed by atoms with E-state index in [1.165, 1.54) is 16.9 Å². The molecule has 1 aromatic carbocycles. The molecular formula is C16H13F2N7O5. The van der Waals surface area contributed by atoms with E-state index in [0.717, 1.165) is 18.2 Å². The molecule has 0 spiro atoms. The van der Waals surface area contributed by atoms with Crippen LogP contribution in [0.3, 0.4) is 0 Å². The van der Waals surface area contributed by atoms with Gasteiger partial charge in [-0.15, -0.1) is 0 Å². The highest BCUT2D eigenvalue weighted by Crippen LogP contribution is 2.11. The molecule has 2 amide bonds. The van der Waals surface area contributed by atoms with E-state index >= 15 is 0 Å². The Morgan fingerprint density at radius 2 is 1.80 bits per heavy atom. The summed E-state index contributed by atoms with van der Waals surface area (Å²) in [5.41, 5.74) is -0.718. The molecule has 156 valence electrons. The molecule has 2 heterocycles. The summed E-state index contributed by atoms with van der Waals surface area (Å²) < 4.78 is 33.0. The fourth-order valence-electron chi connectivity index (χ4n) is 2.32. The number of carbonyl (C=O) groups excluding carboxylic acids is 2. The molecule has 0 saturated carbocycles. The first kappa shape index (κ1) is 20.5. The lowest BCUT2D eigenvalue weighted by atomic mass is 10.2. The minimum atomic E-state index is -1.00. The summed E-state index contributed by atoms with van der Waals surface area (Å²) in [6.07, 6.45) is 1.34. The van der Waals surface area contributed by atoms with Crippen molar-refractivity contribution in [3.05, 3.63) is 69.5 Å². The van der Waals surface area contributed by atoms with E-state index in [4.69, 9.17) is 4.52 Å². The highest BCUT2D eigenvalue weighted by atomic mass is 19.1. The molecule has 14 heteroatoms. The van der Waals surface area contributed by atoms with Crippen molar-refractivity contribution in [2.75, 3.05) is 13.1 Å². The summed E-state index contributed by atoms with van der Waals surface area (Å²) >= 11 is 0. The van der Waals surface area contributed by atoms with Gasteiger partial charge in [0, 0.05) is 13.1 Å². The van der Waals surface area contributed by atoms with Crippen molar-refractivity contribution in [1.82, 2.24) is 30.6 Å². The Morgan fingerprint density at radius 3 is 2.43 bits per heavy atom. The number of benzene rings is 1. The van der Waals surface area contributed by atoms with Gasteiger partial charge in [-0.25, -0.2) is 8.78 Å². The van der Waals surface area contributed by atoms with Gasteiger partial charge < -0.3 is 25.3 Å². The summed E-state index contributed by atoms with van der Waals surface area (Å²) in [6.45, 7) is -0.255. The van der Waals surface area contributed by atoms with Crippen molar-refractivity contribution in [3.8, 4) is 0 Å². The van der Waals surface area contributed by atoms with Gasteiger partial charge in [0.05, 0.1) is 17.4 Å². The second-order valence-electron chi connectivity index (χ2n) is 5.75. The highest BCUT2D eigenvalue weighted by Gasteiger charge is 2.19. The number of hydrogen-bond acceptors (Lipinski definition) is 8. The van der Waals surface area contributed by atoms with Crippen LogP contribution in [0.5, 0.6) is 0 Å². The van der Waals surface area contributed by atoms with Crippen molar-refractivity contribution in [3.63, 3.8) is 0 Å². The van der Waals surface area contributed by atoms with Crippen LogP contribution in [-0.2, 0) is 6.54 Å². The molecule has 0 aliphatic heterocycles. The van der Waals surface area contributed by atoms with Crippen molar-refractivity contribution in [1.29, 1.82) is 0 Å². The van der Waals surface area contributed by atoms with Crippen LogP contribution in [0.25, 0.3) is 0 Å². The number of nitro groups is 1. The Bertz CT molecular complexity index is 1080. The van der Waals surface area contributed by atoms with Crippen LogP contribution in [0.15, 0.2) is 35.0 Å². The maximum absolute atomic E-state index is 13.5. The Balaban J connectivity index is 1.47. The second-order valence-corrected chi connectivity index (χ2v) is 5.75. The standard InChI is InChI=1S/C16H13F2N7O5/c17-9-2-1-3-10(18)13(9)14(26)19-5-6-20-15(27)16-21-11(23-30-16)8-24-7-4-12(22-24)25(28)29/h1-4,7H,5-6,8H2,(H,19,26)(H,20,27). The first-order valence-corrected chi connectivity index (χ1v) is 8.36. The predicted molar refractivity (Wildman–Crippen MR) is 93.3 cm³/mol. The van der Waals surface area contributed by atoms with Gasteiger partial charge in [-0.1, -0.05) is 11.2 Å². The van der Waals surface area contributed by atoms with E-state index < -0.39 is 33.9 Å². The van der Waals surface area contributed by atoms with Crippen LogP contribution in [0.2, 0.25) is 0 Å². The third kappa shape index (κ3) is 4.78. The minimum Gasteiger partial charge on any atom is -0.358 e. The molecule has 0 aliphatic rings. The smallest absolute Gasteiger partial charge is 0.358 e. The quantitative estimate of drug-likeness (QED) is 0.305. The van der Waals surface area contributed by atoms with Gasteiger partial charge in [0.1, 0.15) is 23.7 Å². The van der Waals surface area contributed by atoms with Crippen LogP contribution in [-0.4, -0.2) is 49.7 Å². The molecule has 0 bridgehead atoms. The third-order valence-electron chi connectivity index (χ3n) is 3.67. The summed E-state index contributed by atoms with van der Waals surface area (Å²) in [7, 11) is 0. The van der Waals surface area contributed by atoms with E-state index in [1.807, 2.05) is 0 Å². The SMILES string of the molecule is O=C(NCCNC(=O)c1c(F)cccc1F)c1nc(Cn2ccc([N+](=O)[O-])n2)no1. The van der Waals surface area contributed by atoms with Gasteiger partial charge in [0.2, 0.25) is 0 Å². The number of hydrogen-bond donors (Lipinski definition) is 2. The normalized spacial score (nSPS) is 10.6. The minimum absolute atomic E-state index is 0.0569. The zero-order chi connectivity index (χ0) is 21.7. The zero-order valence-corrected chi connectivity index (χ0v) is 15.0. The summed E-state index contributed by atoms with van der Waals surface area (Å²) in [5.74, 6) is -4.39. The van der Waals surface area contributed by atoms with E-state index in [0.29, 0.717) is 0 Å². The predicted octanol–water partition coefficient (Wildman–Crippen LogP) is 0.661. The fourth-order valence-corrected chi connectivity index (χ4v) is 2.32. The number of amides is 2. The van der Waals surface area contributed by atoms with Crippen molar-refractivity contribution < 1.29 is 27.8 Å². The second kappa shape index (κ2) is 8.85. The third-order valence-corrected chi connectivity index (χ3v) is 3.67. The first-order valence-electron chi connectivity index (χ1n) is 8.36. The van der Waals surface area contributed by atoms with E-state index in [-0.39, 0.29) is 37.2 Å². The van der Waals surface area contributed by atoms with Crippen LogP contribution in [0, 0.1) is 21.7 Å². The van der Waals surface area contributed by atoms with Gasteiger partial charge in [0.15, 0.2) is 5.82 Å². The monoisotopic (exact) mass is 421 g/mol. The molecule has 0 fully saturated rings. The van der Waals surface area contributed by atoms with Gasteiger partial charge in [-0.05, 0) is 17.1 Å². The van der Waals surface area contributed by atoms with Gasteiger partial charge in [0.25, 0.3) is 5.91 Å². The van der Waals surface area contributed by atoms with Crippen LogP contribution < -0.4 is 10.6 Å². The number of aromatic nitrogens is 4. The zero-order valence-electron chi connectivity index (χ0n) is 15.0. The van der Waals surface area contributed by atoms with Crippen LogP contribution in [0.4, 0.5) is 14.6 Å². The first-order chi connectivity index (χ1) is 14.3. The van der Waals surface area contributed by atoms with Gasteiger partial charge in [-0.3, -0.25) is 9.59 Å². The molecule has 0 radical (unpaired) electrons. The summed E-state index contributed by atoms with van der Waals surface area (Å²) in [6, 6.07) is 4.23. The number of carbonyl (C=O) groups is 2. The van der Waals surface area contributed by atoms with Crippen molar-refractivity contribution in [2.24, 2.45) is 0 Å². The molecule has 3 aromatic rings. The molecule has 2 N–H and O–H groups in total. The maximum atomic E-state index is 13.5. The number of nitrogens with zero attached hydrogens (tertiary/aromatic N) is 5. The molecule has 12 nitrogen and oxygen atoms in total. The summed E-state index contributed by atoms with van der Waals surface area (Å²) in [4.78, 5) is 37.6. The Morgan fingerprint density at radius 1 is 1.13 bits per heavy atom. The molecule has 0 aliphatic carbocycles. The number of rotatable bonds is 8. The van der Waals surface area contributed by atoms with E-state index in [1.54, 1.807) is 0 Å². The molecule has 2 aromatic heterocycles. The fraction of sp³-hybridized carbons (Fsp3) is 0.188. The number of nitrogens with one attached hydrogen (secondary N) is 2. The Kier molecular flexibility index (Phi) is 6.05. The summed E-state index contributed by atoms with van der Waals surface area (Å²) in [5, 5.41) is 22.5. The van der Waals surface area contributed by atoms with Crippen molar-refractivity contribution >= 4 is 17.6 Å². The van der Waals surface area contributed by atoms with Crippen LogP contribution >= 0.6 is 0 Å². The lowest BCUT2D eigenvalue weighted by Gasteiger charge is -2.07. The average Bonchev–Trinajstić information content (AvgIpc) is 3.35. The molecule has 0 unspecified atom stereocenters. The number of halogens is 2. The molecule has 0 atom stereocenters. The van der Waals surface area contributed by atoms with Crippen molar-refractivity contribution in [2.45, 2.75) is 6.54 Å². The molecule has 3 rings (SSSR count). The maximum Gasteiger partial charge on any atom is 0.389 e. The van der Waals surface area contributed by atoms with Gasteiger partial charge in [-0.2, -0.15) is 9.67 Å². The molecular weight excluding hydrogens is 408 g/mol. The molecule has 0 saturated heterocycles. The lowest BCUT2D eigenvalue weighted by Crippen LogP contribution is -2.35. The topological polar surface area (TPSA) is 158 Å². The molecule has 30 heavy (non-hydrogen) atoms. The van der Waals surface area contributed by atoms with Gasteiger partial charge >= 0.3 is 17.6 Å². The highest BCUT2D eigenvalue weighted by molar-refractivity contribution is 5.94. The van der Waals surface area contributed by atoms with E-state index in [2.05, 4.69) is 25.9 Å². The van der Waals surface area contributed by atoms with Crippen LogP contribution in [0.1, 0.15) is 26.9 Å².